The van der Waals surface area contributed by atoms with Gasteiger partial charge in [0.2, 0.25) is 0 Å². The second-order valence-corrected chi connectivity index (χ2v) is 5.56. The Balaban J connectivity index is 2.65. The van der Waals surface area contributed by atoms with E-state index in [0.717, 1.165) is 5.56 Å². The molecule has 1 heterocycles. The third-order valence-electron chi connectivity index (χ3n) is 1.34. The van der Waals surface area contributed by atoms with Crippen molar-refractivity contribution in [3.63, 3.8) is 0 Å². The molecule has 0 spiro atoms. The highest BCUT2D eigenvalue weighted by molar-refractivity contribution is 7.85. The molecule has 0 amide bonds. The lowest BCUT2D eigenvalue weighted by Crippen LogP contribution is -2.19. The lowest BCUT2D eigenvalue weighted by molar-refractivity contribution is 0.651. The molecule has 1 aromatic rings. The Bertz CT molecular complexity index is 311. The van der Waals surface area contributed by atoms with E-state index >= 15 is 0 Å². The number of aromatic amines is 1. The van der Waals surface area contributed by atoms with Crippen molar-refractivity contribution in [3.05, 3.63) is 18.0 Å². The lowest BCUT2D eigenvalue weighted by atomic mass is 10.3. The van der Waals surface area contributed by atoms with E-state index in [0.29, 0.717) is 0 Å². The van der Waals surface area contributed by atoms with Crippen LogP contribution < -0.4 is 0 Å². The fourth-order valence-corrected chi connectivity index (χ4v) is 1.13. The summed E-state index contributed by atoms with van der Waals surface area (Å²) >= 11 is 0. The Morgan fingerprint density at radius 2 is 2.31 bits per heavy atom. The summed E-state index contributed by atoms with van der Waals surface area (Å²) in [7, 11) is -1.19. The minimum atomic E-state index is -1.19. The summed E-state index contributed by atoms with van der Waals surface area (Å²) in [5.74, 6) is 0. The Kier molecular flexibility index (Phi) is 2.98. The van der Waals surface area contributed by atoms with Gasteiger partial charge in [0.25, 0.3) is 0 Å². The van der Waals surface area contributed by atoms with Gasteiger partial charge < -0.3 is 0 Å². The first kappa shape index (κ1) is 10.1. The van der Waals surface area contributed by atoms with Gasteiger partial charge in [0.1, 0.15) is 11.0 Å². The number of rotatable bonds is 2. The molecular formula is C8H13N3OS. The number of nitrogens with one attached hydrogen (secondary N) is 1. The Labute approximate surface area is 80.1 Å². The minimum absolute atomic E-state index is 0.305. The molecule has 1 rings (SSSR count). The van der Waals surface area contributed by atoms with Gasteiger partial charge in [-0.25, -0.2) is 4.21 Å². The molecule has 1 atom stereocenters. The number of nitrogens with zero attached hydrogens (tertiary/aromatic N) is 2. The highest BCUT2D eigenvalue weighted by atomic mass is 32.2. The van der Waals surface area contributed by atoms with Crippen LogP contribution in [0.25, 0.3) is 0 Å². The van der Waals surface area contributed by atoms with E-state index in [4.69, 9.17) is 0 Å². The van der Waals surface area contributed by atoms with Gasteiger partial charge in [-0.2, -0.15) is 9.50 Å². The molecule has 5 heteroatoms. The first-order valence-corrected chi connectivity index (χ1v) is 5.05. The van der Waals surface area contributed by atoms with Crippen LogP contribution >= 0.6 is 0 Å². The fourth-order valence-electron chi connectivity index (χ4n) is 0.598. The molecule has 0 saturated heterocycles. The molecule has 0 aliphatic rings. The molecule has 13 heavy (non-hydrogen) atoms. The largest absolute Gasteiger partial charge is 0.285 e. The smallest absolute Gasteiger partial charge is 0.144 e. The summed E-state index contributed by atoms with van der Waals surface area (Å²) in [6.45, 7) is 5.65. The van der Waals surface area contributed by atoms with Crippen LogP contribution in [0.4, 0.5) is 0 Å². The maximum Gasteiger partial charge on any atom is 0.144 e. The first-order valence-electron chi connectivity index (χ1n) is 3.95. The number of aromatic nitrogens is 2. The highest BCUT2D eigenvalue weighted by Gasteiger charge is 2.17. The van der Waals surface area contributed by atoms with Crippen molar-refractivity contribution in [3.8, 4) is 0 Å². The number of hydrogen-bond donors (Lipinski definition) is 1. The predicted octanol–water partition coefficient (Wildman–Crippen LogP) is 1.29. The lowest BCUT2D eigenvalue weighted by Gasteiger charge is -2.12. The second-order valence-electron chi connectivity index (χ2n) is 3.63. The van der Waals surface area contributed by atoms with Gasteiger partial charge in [0.05, 0.1) is 10.9 Å². The molecule has 0 aromatic carbocycles. The molecule has 0 saturated carbocycles. The van der Waals surface area contributed by atoms with E-state index in [-0.39, 0.29) is 4.75 Å². The van der Waals surface area contributed by atoms with Crippen molar-refractivity contribution in [1.29, 1.82) is 0 Å². The van der Waals surface area contributed by atoms with Gasteiger partial charge in [-0.1, -0.05) is 0 Å². The molecule has 72 valence electrons. The molecular weight excluding hydrogens is 186 g/mol. The maximum absolute atomic E-state index is 11.4. The molecule has 0 bridgehead atoms. The summed E-state index contributed by atoms with van der Waals surface area (Å²) in [6, 6.07) is 0. The standard InChI is InChI=1S/C8H13N3OS/c1-8(2,3)13(12)11-6-7-4-9-10-5-7/h4-6H,1-3H3,(H,9,10)/t13-/m0/s1. The zero-order valence-corrected chi connectivity index (χ0v) is 8.76. The maximum atomic E-state index is 11.4. The zero-order valence-electron chi connectivity index (χ0n) is 7.94. The van der Waals surface area contributed by atoms with Crippen molar-refractivity contribution < 1.29 is 4.21 Å². The van der Waals surface area contributed by atoms with Crippen LogP contribution in [0.2, 0.25) is 0 Å². The van der Waals surface area contributed by atoms with Crippen LogP contribution in [0, 0.1) is 0 Å². The van der Waals surface area contributed by atoms with Crippen LogP contribution in [0.15, 0.2) is 16.8 Å². The fraction of sp³-hybridized carbons (Fsp3) is 0.500. The van der Waals surface area contributed by atoms with Crippen LogP contribution in [-0.2, 0) is 11.0 Å². The topological polar surface area (TPSA) is 58.1 Å². The average Bonchev–Trinajstić information content (AvgIpc) is 2.50. The van der Waals surface area contributed by atoms with Crippen LogP contribution in [0.1, 0.15) is 26.3 Å². The van der Waals surface area contributed by atoms with Crippen molar-refractivity contribution in [2.45, 2.75) is 25.5 Å². The normalized spacial score (nSPS) is 15.0. The van der Waals surface area contributed by atoms with E-state index < -0.39 is 11.0 Å². The average molecular weight is 199 g/mol. The van der Waals surface area contributed by atoms with Gasteiger partial charge in [-0.05, 0) is 20.8 Å². The number of hydrogen-bond acceptors (Lipinski definition) is 2. The van der Waals surface area contributed by atoms with Crippen LogP contribution in [0.3, 0.4) is 0 Å². The molecule has 4 nitrogen and oxygen atoms in total. The summed E-state index contributed by atoms with van der Waals surface area (Å²) in [4.78, 5) is 0. The van der Waals surface area contributed by atoms with E-state index in [2.05, 4.69) is 14.6 Å². The second kappa shape index (κ2) is 3.83. The van der Waals surface area contributed by atoms with Gasteiger partial charge >= 0.3 is 0 Å². The zero-order chi connectivity index (χ0) is 9.90. The Hall–Kier alpha value is -0.970. The molecule has 0 radical (unpaired) electrons. The Morgan fingerprint density at radius 1 is 1.62 bits per heavy atom. The summed E-state index contributed by atoms with van der Waals surface area (Å²) in [5, 5.41) is 6.40. The molecule has 0 aliphatic carbocycles. The molecule has 0 aliphatic heterocycles. The SMILES string of the molecule is CC(C)(C)[S@](=O)N=Cc1cn[nH]c1. The van der Waals surface area contributed by atoms with Crippen molar-refractivity contribution >= 4 is 17.2 Å². The molecule has 0 unspecified atom stereocenters. The van der Waals surface area contributed by atoms with E-state index in [1.54, 1.807) is 18.6 Å². The number of H-pyrrole nitrogens is 1. The van der Waals surface area contributed by atoms with Gasteiger partial charge in [0.15, 0.2) is 0 Å². The molecule has 1 N–H and O–H groups in total. The first-order chi connectivity index (χ1) is 6.00. The third kappa shape index (κ3) is 3.10. The van der Waals surface area contributed by atoms with Gasteiger partial charge in [0, 0.05) is 18.0 Å². The summed E-state index contributed by atoms with van der Waals surface area (Å²) < 4.78 is 15.1. The minimum Gasteiger partial charge on any atom is -0.285 e. The van der Waals surface area contributed by atoms with Gasteiger partial charge in [-0.15, -0.1) is 0 Å². The van der Waals surface area contributed by atoms with Gasteiger partial charge in [-0.3, -0.25) is 5.10 Å². The summed E-state index contributed by atoms with van der Waals surface area (Å²) in [6.07, 6.45) is 4.89. The molecule has 1 aromatic heterocycles. The van der Waals surface area contributed by atoms with Crippen molar-refractivity contribution in [2.75, 3.05) is 0 Å². The summed E-state index contributed by atoms with van der Waals surface area (Å²) in [5.41, 5.74) is 0.831. The predicted molar refractivity (Wildman–Crippen MR) is 54.1 cm³/mol. The van der Waals surface area contributed by atoms with Crippen LogP contribution in [0.5, 0.6) is 0 Å². The van der Waals surface area contributed by atoms with Crippen LogP contribution in [-0.4, -0.2) is 25.4 Å². The monoisotopic (exact) mass is 199 g/mol. The van der Waals surface area contributed by atoms with E-state index in [1.165, 1.54) is 0 Å². The molecule has 0 fully saturated rings. The highest BCUT2D eigenvalue weighted by Crippen LogP contribution is 2.11. The van der Waals surface area contributed by atoms with Crippen molar-refractivity contribution in [1.82, 2.24) is 10.2 Å². The Morgan fingerprint density at radius 3 is 2.77 bits per heavy atom. The van der Waals surface area contributed by atoms with E-state index in [9.17, 15) is 4.21 Å². The quantitative estimate of drug-likeness (QED) is 0.730. The van der Waals surface area contributed by atoms with E-state index in [1.807, 2.05) is 20.8 Å². The third-order valence-corrected chi connectivity index (χ3v) is 2.69. The van der Waals surface area contributed by atoms with Crippen molar-refractivity contribution in [2.24, 2.45) is 4.40 Å².